The highest BCUT2D eigenvalue weighted by atomic mass is 35.7. The van der Waals surface area contributed by atoms with Gasteiger partial charge >= 0.3 is 5.97 Å². The minimum Gasteiger partial charge on any atom is -0.480 e. The molecular formula is C10H12ClNO2S. The van der Waals surface area contributed by atoms with Crippen LogP contribution in [0.1, 0.15) is 5.56 Å². The minimum absolute atomic E-state index is 0.351. The molecule has 15 heavy (non-hydrogen) atoms. The molecule has 0 aliphatic carbocycles. The fourth-order valence-corrected chi connectivity index (χ4v) is 1.88. The maximum atomic E-state index is 10.8. The molecule has 3 nitrogen and oxygen atoms in total. The van der Waals surface area contributed by atoms with Crippen LogP contribution >= 0.6 is 21.7 Å². The lowest BCUT2D eigenvalue weighted by molar-refractivity contribution is -0.138. The molecule has 5 heteroatoms. The number of carbonyl (C=O) groups is 1. The van der Waals surface area contributed by atoms with Crippen LogP contribution < -0.4 is 5.32 Å². The highest BCUT2D eigenvalue weighted by molar-refractivity contribution is 8.21. The molecule has 0 heterocycles. The third-order valence-electron chi connectivity index (χ3n) is 1.92. The number of hydrogen-bond donors (Lipinski definition) is 2. The third kappa shape index (κ3) is 4.55. The average molecular weight is 246 g/mol. The Morgan fingerprint density at radius 3 is 2.67 bits per heavy atom. The van der Waals surface area contributed by atoms with Crippen LogP contribution in [0.2, 0.25) is 0 Å². The fraction of sp³-hybridized carbons (Fsp3) is 0.300. The van der Waals surface area contributed by atoms with E-state index in [0.717, 1.165) is 16.5 Å². The molecule has 0 saturated carbocycles. The van der Waals surface area contributed by atoms with E-state index in [-0.39, 0.29) is 0 Å². The third-order valence-corrected chi connectivity index (χ3v) is 2.76. The predicted molar refractivity (Wildman–Crippen MR) is 63.0 cm³/mol. The second kappa shape index (κ2) is 6.71. The second-order valence-electron chi connectivity index (χ2n) is 3.03. The summed E-state index contributed by atoms with van der Waals surface area (Å²) < 4.78 is 0. The van der Waals surface area contributed by atoms with Gasteiger partial charge in [0.2, 0.25) is 0 Å². The van der Waals surface area contributed by atoms with E-state index in [1.807, 2.05) is 30.3 Å². The summed E-state index contributed by atoms with van der Waals surface area (Å²) in [7, 11) is 6.44. The number of halogens is 1. The number of aliphatic carboxylic acids is 1. The summed E-state index contributed by atoms with van der Waals surface area (Å²) in [5, 5.41) is 11.8. The van der Waals surface area contributed by atoms with E-state index < -0.39 is 12.0 Å². The van der Waals surface area contributed by atoms with Crippen LogP contribution in [0.5, 0.6) is 0 Å². The highest BCUT2D eigenvalue weighted by Crippen LogP contribution is 2.08. The van der Waals surface area contributed by atoms with Crippen LogP contribution in [0.15, 0.2) is 30.3 Å². The molecule has 0 spiro atoms. The second-order valence-corrected chi connectivity index (χ2v) is 4.24. The van der Waals surface area contributed by atoms with Crippen molar-refractivity contribution in [2.45, 2.75) is 12.6 Å². The van der Waals surface area contributed by atoms with Crippen LogP contribution in [0, 0.1) is 0 Å². The van der Waals surface area contributed by atoms with Crippen LogP contribution in [-0.4, -0.2) is 22.9 Å². The topological polar surface area (TPSA) is 49.3 Å². The molecule has 0 fully saturated rings. The molecule has 1 aromatic rings. The van der Waals surface area contributed by atoms with Gasteiger partial charge in [-0.15, -0.1) is 0 Å². The summed E-state index contributed by atoms with van der Waals surface area (Å²) in [6, 6.07) is 9.05. The van der Waals surface area contributed by atoms with Crippen molar-refractivity contribution in [1.82, 2.24) is 5.32 Å². The molecule has 0 amide bonds. The van der Waals surface area contributed by atoms with Crippen LogP contribution in [0.4, 0.5) is 0 Å². The molecule has 0 radical (unpaired) electrons. The number of rotatable bonds is 6. The largest absolute Gasteiger partial charge is 0.480 e. The molecule has 0 aliphatic heterocycles. The Hall–Kier alpha value is -0.710. The van der Waals surface area contributed by atoms with E-state index in [1.54, 1.807) is 0 Å². The van der Waals surface area contributed by atoms with Crippen molar-refractivity contribution in [3.8, 4) is 0 Å². The molecule has 2 N–H and O–H groups in total. The van der Waals surface area contributed by atoms with E-state index in [1.165, 1.54) is 0 Å². The molecule has 1 rings (SSSR count). The summed E-state index contributed by atoms with van der Waals surface area (Å²) in [4.78, 5) is 10.8. The summed E-state index contributed by atoms with van der Waals surface area (Å²) in [5.41, 5.74) is 1.06. The number of nitrogens with one attached hydrogen (secondary N) is 1. The molecule has 0 bridgehead atoms. The zero-order valence-electron chi connectivity index (χ0n) is 8.02. The van der Waals surface area contributed by atoms with Crippen LogP contribution in [0.25, 0.3) is 0 Å². The number of benzene rings is 1. The first-order chi connectivity index (χ1) is 7.24. The van der Waals surface area contributed by atoms with E-state index in [4.69, 9.17) is 15.8 Å². The van der Waals surface area contributed by atoms with Crippen molar-refractivity contribution in [1.29, 1.82) is 0 Å². The van der Waals surface area contributed by atoms with Gasteiger partial charge in [0, 0.05) is 12.3 Å². The highest BCUT2D eigenvalue weighted by Gasteiger charge is 2.15. The van der Waals surface area contributed by atoms with Crippen molar-refractivity contribution < 1.29 is 9.90 Å². The summed E-state index contributed by atoms with van der Waals surface area (Å²) in [6.45, 7) is 0.537. The summed E-state index contributed by atoms with van der Waals surface area (Å²) in [5.74, 6) is -0.525. The molecule has 0 unspecified atom stereocenters. The predicted octanol–water partition coefficient (Wildman–Crippen LogP) is 2.12. The SMILES string of the molecule is O=C(O)[C@H](CSCl)NCc1ccccc1. The van der Waals surface area contributed by atoms with Gasteiger partial charge in [-0.25, -0.2) is 0 Å². The molecule has 0 aliphatic rings. The zero-order valence-corrected chi connectivity index (χ0v) is 9.59. The Morgan fingerprint density at radius 2 is 2.13 bits per heavy atom. The molecular weight excluding hydrogens is 234 g/mol. The molecule has 0 aromatic heterocycles. The van der Waals surface area contributed by atoms with E-state index in [2.05, 4.69) is 5.32 Å². The van der Waals surface area contributed by atoms with E-state index >= 15 is 0 Å². The van der Waals surface area contributed by atoms with Gasteiger partial charge in [-0.2, -0.15) is 0 Å². The molecule has 82 valence electrons. The first-order valence-corrected chi connectivity index (χ1v) is 6.29. The van der Waals surface area contributed by atoms with Crippen LogP contribution in [-0.2, 0) is 11.3 Å². The van der Waals surface area contributed by atoms with Crippen molar-refractivity contribution in [2.24, 2.45) is 0 Å². The minimum atomic E-state index is -0.876. The number of carboxylic acids is 1. The lowest BCUT2D eigenvalue weighted by Crippen LogP contribution is -2.38. The van der Waals surface area contributed by atoms with Gasteiger partial charge in [0.05, 0.1) is 0 Å². The summed E-state index contributed by atoms with van der Waals surface area (Å²) in [6.07, 6.45) is 0. The Balaban J connectivity index is 2.43. The smallest absolute Gasteiger partial charge is 0.321 e. The van der Waals surface area contributed by atoms with Gasteiger partial charge in [0.25, 0.3) is 0 Å². The lowest BCUT2D eigenvalue weighted by atomic mass is 10.2. The van der Waals surface area contributed by atoms with Gasteiger partial charge < -0.3 is 5.11 Å². The average Bonchev–Trinajstić information content (AvgIpc) is 2.25. The van der Waals surface area contributed by atoms with Gasteiger partial charge in [-0.1, -0.05) is 41.3 Å². The van der Waals surface area contributed by atoms with Gasteiger partial charge in [0.1, 0.15) is 6.04 Å². The van der Waals surface area contributed by atoms with Gasteiger partial charge in [0.15, 0.2) is 0 Å². The normalized spacial score (nSPS) is 12.3. The lowest BCUT2D eigenvalue weighted by Gasteiger charge is -2.12. The fourth-order valence-electron chi connectivity index (χ4n) is 1.12. The Labute approximate surface area is 97.3 Å². The Bertz CT molecular complexity index is 308. The maximum Gasteiger partial charge on any atom is 0.321 e. The Kier molecular flexibility index (Phi) is 5.53. The number of carboxylic acid groups (broad SMARTS) is 1. The Morgan fingerprint density at radius 1 is 1.47 bits per heavy atom. The maximum absolute atomic E-state index is 10.8. The quantitative estimate of drug-likeness (QED) is 0.806. The van der Waals surface area contributed by atoms with E-state index in [9.17, 15) is 4.79 Å². The first-order valence-electron chi connectivity index (χ1n) is 4.47. The monoisotopic (exact) mass is 245 g/mol. The first kappa shape index (κ1) is 12.4. The standard InChI is InChI=1S/C10H12ClNO2S/c11-15-7-9(10(13)14)12-6-8-4-2-1-3-5-8/h1-5,9,12H,6-7H2,(H,13,14)/t9-/m0/s1. The van der Waals surface area contributed by atoms with Crippen molar-refractivity contribution >= 4 is 27.6 Å². The van der Waals surface area contributed by atoms with E-state index in [0.29, 0.717) is 12.3 Å². The van der Waals surface area contributed by atoms with Crippen LogP contribution in [0.3, 0.4) is 0 Å². The summed E-state index contributed by atoms with van der Waals surface area (Å²) >= 11 is 0. The van der Waals surface area contributed by atoms with Gasteiger partial charge in [-0.3, -0.25) is 10.1 Å². The molecule has 0 saturated heterocycles. The van der Waals surface area contributed by atoms with Crippen molar-refractivity contribution in [3.63, 3.8) is 0 Å². The molecule has 1 aromatic carbocycles. The van der Waals surface area contributed by atoms with Gasteiger partial charge in [-0.05, 0) is 16.2 Å². The van der Waals surface area contributed by atoms with Crippen molar-refractivity contribution in [2.75, 3.05) is 5.75 Å². The zero-order chi connectivity index (χ0) is 11.1. The number of hydrogen-bond acceptors (Lipinski definition) is 3. The molecule has 1 atom stereocenters. The van der Waals surface area contributed by atoms with Crippen molar-refractivity contribution in [3.05, 3.63) is 35.9 Å².